The molecular formula is C12H14N4O2. The zero-order valence-electron chi connectivity index (χ0n) is 10.2. The molecule has 1 saturated heterocycles. The molecule has 0 aliphatic carbocycles. The van der Waals surface area contributed by atoms with Gasteiger partial charge in [0.05, 0.1) is 4.92 Å². The first kappa shape index (κ1) is 12.3. The second-order valence-electron chi connectivity index (χ2n) is 4.58. The van der Waals surface area contributed by atoms with Gasteiger partial charge in [-0.05, 0) is 24.8 Å². The Morgan fingerprint density at radius 2 is 2.17 bits per heavy atom. The molecule has 0 N–H and O–H groups in total. The monoisotopic (exact) mass is 246 g/mol. The number of nitriles is 1. The number of nitro groups is 1. The molecule has 1 aliphatic rings. The summed E-state index contributed by atoms with van der Waals surface area (Å²) in [5.74, 6) is 1.36. The van der Waals surface area contributed by atoms with Crippen LogP contribution in [0.4, 0.5) is 11.5 Å². The van der Waals surface area contributed by atoms with Crippen LogP contribution in [0.1, 0.15) is 25.5 Å². The lowest BCUT2D eigenvalue weighted by Crippen LogP contribution is -2.33. The summed E-state index contributed by atoms with van der Waals surface area (Å²) in [6.07, 6.45) is 2.17. The van der Waals surface area contributed by atoms with Gasteiger partial charge < -0.3 is 4.90 Å². The average Bonchev–Trinajstić information content (AvgIpc) is 2.38. The van der Waals surface area contributed by atoms with Crippen molar-refractivity contribution in [2.75, 3.05) is 18.0 Å². The van der Waals surface area contributed by atoms with Crippen LogP contribution in [0, 0.1) is 27.4 Å². The molecule has 0 radical (unpaired) electrons. The summed E-state index contributed by atoms with van der Waals surface area (Å²) >= 11 is 0. The molecule has 0 amide bonds. The van der Waals surface area contributed by atoms with Crippen LogP contribution >= 0.6 is 0 Å². The Morgan fingerprint density at radius 1 is 1.50 bits per heavy atom. The van der Waals surface area contributed by atoms with Crippen molar-refractivity contribution in [3.8, 4) is 6.07 Å². The Hall–Kier alpha value is -2.16. The smallest absolute Gasteiger partial charge is 0.305 e. The molecule has 2 heterocycles. The van der Waals surface area contributed by atoms with E-state index in [-0.39, 0.29) is 11.4 Å². The normalized spacial score (nSPS) is 16.3. The largest absolute Gasteiger partial charge is 0.357 e. The fourth-order valence-electron chi connectivity index (χ4n) is 2.08. The Labute approximate surface area is 105 Å². The Bertz CT molecular complexity index is 501. The number of piperidine rings is 1. The number of rotatable bonds is 2. The number of hydrogen-bond acceptors (Lipinski definition) is 5. The van der Waals surface area contributed by atoms with Crippen molar-refractivity contribution in [3.05, 3.63) is 27.9 Å². The van der Waals surface area contributed by atoms with Gasteiger partial charge in [-0.15, -0.1) is 0 Å². The molecule has 0 bridgehead atoms. The zero-order chi connectivity index (χ0) is 13.1. The lowest BCUT2D eigenvalue weighted by Gasteiger charge is -2.31. The van der Waals surface area contributed by atoms with E-state index < -0.39 is 4.92 Å². The van der Waals surface area contributed by atoms with Crippen LogP contribution < -0.4 is 4.90 Å². The summed E-state index contributed by atoms with van der Waals surface area (Å²) in [4.78, 5) is 16.3. The predicted octanol–water partition coefficient (Wildman–Crippen LogP) is 2.10. The van der Waals surface area contributed by atoms with E-state index >= 15 is 0 Å². The first-order chi connectivity index (χ1) is 8.61. The Kier molecular flexibility index (Phi) is 3.42. The van der Waals surface area contributed by atoms with Crippen molar-refractivity contribution in [1.29, 1.82) is 5.26 Å². The maximum atomic E-state index is 10.7. The molecule has 6 heteroatoms. The van der Waals surface area contributed by atoms with E-state index in [1.165, 1.54) is 6.07 Å². The summed E-state index contributed by atoms with van der Waals surface area (Å²) in [6, 6.07) is 4.77. The lowest BCUT2D eigenvalue weighted by atomic mass is 9.99. The van der Waals surface area contributed by atoms with Crippen LogP contribution in [0.3, 0.4) is 0 Å². The molecule has 1 fully saturated rings. The van der Waals surface area contributed by atoms with E-state index in [9.17, 15) is 10.1 Å². The van der Waals surface area contributed by atoms with Crippen LogP contribution in [-0.2, 0) is 0 Å². The molecule has 0 spiro atoms. The minimum Gasteiger partial charge on any atom is -0.357 e. The third-order valence-electron chi connectivity index (χ3n) is 3.27. The van der Waals surface area contributed by atoms with Gasteiger partial charge in [-0.2, -0.15) is 5.26 Å². The number of anilines is 1. The van der Waals surface area contributed by atoms with E-state index in [4.69, 9.17) is 5.26 Å². The van der Waals surface area contributed by atoms with Gasteiger partial charge in [0, 0.05) is 19.2 Å². The van der Waals surface area contributed by atoms with Crippen molar-refractivity contribution in [3.63, 3.8) is 0 Å². The van der Waals surface area contributed by atoms with Crippen molar-refractivity contribution in [1.82, 2.24) is 4.98 Å². The molecule has 1 aliphatic heterocycles. The average molecular weight is 246 g/mol. The van der Waals surface area contributed by atoms with Crippen LogP contribution in [0.2, 0.25) is 0 Å². The van der Waals surface area contributed by atoms with Crippen molar-refractivity contribution >= 4 is 11.5 Å². The first-order valence-corrected chi connectivity index (χ1v) is 5.92. The topological polar surface area (TPSA) is 83.1 Å². The van der Waals surface area contributed by atoms with Gasteiger partial charge in [0.15, 0.2) is 0 Å². The minimum absolute atomic E-state index is 0.115. The van der Waals surface area contributed by atoms with Gasteiger partial charge in [-0.25, -0.2) is 4.98 Å². The van der Waals surface area contributed by atoms with Crippen LogP contribution in [0.15, 0.2) is 12.1 Å². The summed E-state index contributed by atoms with van der Waals surface area (Å²) in [7, 11) is 0. The predicted molar refractivity (Wildman–Crippen MR) is 66.2 cm³/mol. The highest BCUT2D eigenvalue weighted by molar-refractivity contribution is 5.51. The highest BCUT2D eigenvalue weighted by Gasteiger charge is 2.21. The van der Waals surface area contributed by atoms with E-state index in [2.05, 4.69) is 16.8 Å². The Balaban J connectivity index is 2.25. The maximum absolute atomic E-state index is 10.7. The fourth-order valence-corrected chi connectivity index (χ4v) is 2.08. The van der Waals surface area contributed by atoms with Crippen LogP contribution in [0.25, 0.3) is 0 Å². The van der Waals surface area contributed by atoms with Gasteiger partial charge in [0.2, 0.25) is 5.69 Å². The van der Waals surface area contributed by atoms with E-state index in [1.54, 1.807) is 12.1 Å². The number of pyridine rings is 1. The van der Waals surface area contributed by atoms with Gasteiger partial charge in [0.25, 0.3) is 0 Å². The molecule has 1 aromatic heterocycles. The summed E-state index contributed by atoms with van der Waals surface area (Å²) < 4.78 is 0. The van der Waals surface area contributed by atoms with Crippen LogP contribution in [0.5, 0.6) is 0 Å². The number of aromatic nitrogens is 1. The van der Waals surface area contributed by atoms with Gasteiger partial charge in [-0.1, -0.05) is 6.92 Å². The quantitative estimate of drug-likeness (QED) is 0.589. The van der Waals surface area contributed by atoms with Crippen molar-refractivity contribution < 1.29 is 4.92 Å². The number of hydrogen-bond donors (Lipinski definition) is 0. The lowest BCUT2D eigenvalue weighted by molar-refractivity contribution is -0.385. The third kappa shape index (κ3) is 2.40. The van der Waals surface area contributed by atoms with Gasteiger partial charge in [-0.3, -0.25) is 10.1 Å². The zero-order valence-corrected chi connectivity index (χ0v) is 10.2. The van der Waals surface area contributed by atoms with E-state index in [1.807, 2.05) is 0 Å². The molecule has 0 unspecified atom stereocenters. The molecule has 0 atom stereocenters. The standard InChI is InChI=1S/C12H14N4O2/c1-9-4-6-15(7-5-9)12-3-2-11(16(17)18)10(8-13)14-12/h2-3,9H,4-7H2,1H3. The molecule has 0 aromatic carbocycles. The minimum atomic E-state index is -0.576. The molecule has 1 aromatic rings. The molecule has 6 nitrogen and oxygen atoms in total. The molecule has 2 rings (SSSR count). The summed E-state index contributed by atoms with van der Waals surface area (Å²) in [6.45, 7) is 3.98. The number of nitrogens with zero attached hydrogens (tertiary/aromatic N) is 4. The van der Waals surface area contributed by atoms with Gasteiger partial charge in [0.1, 0.15) is 11.9 Å². The highest BCUT2D eigenvalue weighted by atomic mass is 16.6. The van der Waals surface area contributed by atoms with Crippen LogP contribution in [-0.4, -0.2) is 23.0 Å². The molecule has 0 saturated carbocycles. The van der Waals surface area contributed by atoms with E-state index in [0.29, 0.717) is 11.7 Å². The summed E-state index contributed by atoms with van der Waals surface area (Å²) in [5, 5.41) is 19.6. The second-order valence-corrected chi connectivity index (χ2v) is 4.58. The molecule has 94 valence electrons. The van der Waals surface area contributed by atoms with Crippen molar-refractivity contribution in [2.24, 2.45) is 5.92 Å². The highest BCUT2D eigenvalue weighted by Crippen LogP contribution is 2.24. The fraction of sp³-hybridized carbons (Fsp3) is 0.500. The summed E-state index contributed by atoms with van der Waals surface area (Å²) in [5.41, 5.74) is -0.345. The van der Waals surface area contributed by atoms with E-state index in [0.717, 1.165) is 25.9 Å². The second kappa shape index (κ2) is 5.00. The SMILES string of the molecule is CC1CCN(c2ccc([N+](=O)[O-])c(C#N)n2)CC1. The third-order valence-corrected chi connectivity index (χ3v) is 3.27. The molecule has 18 heavy (non-hydrogen) atoms. The van der Waals surface area contributed by atoms with Gasteiger partial charge >= 0.3 is 5.69 Å². The first-order valence-electron chi connectivity index (χ1n) is 5.92. The molecular weight excluding hydrogens is 232 g/mol. The van der Waals surface area contributed by atoms with Crippen molar-refractivity contribution in [2.45, 2.75) is 19.8 Å². The maximum Gasteiger partial charge on any atom is 0.305 e. The Morgan fingerprint density at radius 3 is 2.72 bits per heavy atom.